The Morgan fingerprint density at radius 1 is 1.19 bits per heavy atom. The fourth-order valence-electron chi connectivity index (χ4n) is 4.93. The molecule has 0 radical (unpaired) electrons. The van der Waals surface area contributed by atoms with Crippen molar-refractivity contribution in [3.8, 4) is 0 Å². The number of hydrogen-bond donors (Lipinski definition) is 2. The Kier molecular flexibility index (Phi) is 10.4. The van der Waals surface area contributed by atoms with Crippen molar-refractivity contribution in [3.05, 3.63) is 24.2 Å². The van der Waals surface area contributed by atoms with E-state index in [1.54, 1.807) is 6.26 Å². The Morgan fingerprint density at radius 2 is 2.03 bits per heavy atom. The smallest absolute Gasteiger partial charge is 0.191 e. The zero-order chi connectivity index (χ0) is 20.5. The number of halogens is 1. The normalized spacial score (nSPS) is 24.1. The highest BCUT2D eigenvalue weighted by Crippen LogP contribution is 2.39. The Balaban J connectivity index is 0.00000272. The third kappa shape index (κ3) is 7.91. The van der Waals surface area contributed by atoms with Crippen LogP contribution in [0, 0.1) is 0 Å². The van der Waals surface area contributed by atoms with Gasteiger partial charge in [0, 0.05) is 51.8 Å². The summed E-state index contributed by atoms with van der Waals surface area (Å²) in [6, 6.07) is 4.40. The van der Waals surface area contributed by atoms with Crippen LogP contribution in [0.25, 0.3) is 0 Å². The SMILES string of the molecule is I.c1coc(CCNC(=NCCCN2CCOCC2)NC2CCOC3(CCCC3)C2)c1. The molecule has 2 N–H and O–H groups in total. The molecule has 1 aliphatic carbocycles. The van der Waals surface area contributed by atoms with Crippen molar-refractivity contribution in [2.45, 2.75) is 63.0 Å². The number of aliphatic imine (C=N–C) groups is 1. The van der Waals surface area contributed by atoms with Crippen molar-refractivity contribution in [3.63, 3.8) is 0 Å². The minimum atomic E-state index is 0. The van der Waals surface area contributed by atoms with Crippen LogP contribution in [-0.4, -0.2) is 75.0 Å². The van der Waals surface area contributed by atoms with Crippen LogP contribution in [0.1, 0.15) is 50.7 Å². The van der Waals surface area contributed by atoms with E-state index in [1.165, 1.54) is 25.7 Å². The molecule has 0 bridgehead atoms. The Morgan fingerprint density at radius 3 is 2.81 bits per heavy atom. The molecule has 7 nitrogen and oxygen atoms in total. The van der Waals surface area contributed by atoms with Crippen LogP contribution in [0.4, 0.5) is 0 Å². The van der Waals surface area contributed by atoms with Gasteiger partial charge in [-0.15, -0.1) is 24.0 Å². The fraction of sp³-hybridized carbons (Fsp3) is 0.783. The maximum atomic E-state index is 6.21. The van der Waals surface area contributed by atoms with Crippen molar-refractivity contribution in [1.82, 2.24) is 15.5 Å². The molecule has 2 saturated heterocycles. The lowest BCUT2D eigenvalue weighted by molar-refractivity contribution is -0.0815. The van der Waals surface area contributed by atoms with Crippen LogP contribution in [0.15, 0.2) is 27.8 Å². The molecule has 4 rings (SSSR count). The summed E-state index contributed by atoms with van der Waals surface area (Å²) in [5, 5.41) is 7.25. The van der Waals surface area contributed by atoms with E-state index in [0.717, 1.165) is 89.9 Å². The predicted molar refractivity (Wildman–Crippen MR) is 133 cm³/mol. The molecule has 1 unspecified atom stereocenters. The van der Waals surface area contributed by atoms with Gasteiger partial charge in [0.25, 0.3) is 0 Å². The average molecular weight is 546 g/mol. The summed E-state index contributed by atoms with van der Waals surface area (Å²) in [6.45, 7) is 7.40. The lowest BCUT2D eigenvalue weighted by Gasteiger charge is -2.39. The number of guanidine groups is 1. The third-order valence-corrected chi connectivity index (χ3v) is 6.60. The van der Waals surface area contributed by atoms with E-state index in [0.29, 0.717) is 6.04 Å². The molecule has 0 amide bonds. The number of nitrogens with zero attached hydrogens (tertiary/aromatic N) is 2. The largest absolute Gasteiger partial charge is 0.469 e. The fourth-order valence-corrected chi connectivity index (χ4v) is 4.93. The van der Waals surface area contributed by atoms with Gasteiger partial charge in [-0.2, -0.15) is 0 Å². The van der Waals surface area contributed by atoms with Crippen molar-refractivity contribution >= 4 is 29.9 Å². The molecule has 1 aromatic heterocycles. The highest BCUT2D eigenvalue weighted by atomic mass is 127. The van der Waals surface area contributed by atoms with Crippen molar-refractivity contribution in [2.75, 3.05) is 52.5 Å². The lowest BCUT2D eigenvalue weighted by atomic mass is 9.89. The van der Waals surface area contributed by atoms with Crippen molar-refractivity contribution in [1.29, 1.82) is 0 Å². The maximum Gasteiger partial charge on any atom is 0.191 e. The molecule has 8 heteroatoms. The Labute approximate surface area is 203 Å². The quantitative estimate of drug-likeness (QED) is 0.226. The standard InChI is InChI=1S/C23H38N4O3.HI/c1-2-9-23(8-1)19-20(7-16-30-23)26-22(25-11-6-21-5-3-15-29-21)24-10-4-12-27-13-17-28-18-14-27;/h3,5,15,20H,1-2,4,6-14,16-19H2,(H2,24,25,26);1H. The first-order valence-corrected chi connectivity index (χ1v) is 11.8. The molecule has 0 aromatic carbocycles. The van der Waals surface area contributed by atoms with E-state index >= 15 is 0 Å². The second kappa shape index (κ2) is 13.0. The van der Waals surface area contributed by atoms with Gasteiger partial charge in [0.2, 0.25) is 0 Å². The molecular weight excluding hydrogens is 507 g/mol. The van der Waals surface area contributed by atoms with Gasteiger partial charge in [-0.1, -0.05) is 12.8 Å². The first-order valence-electron chi connectivity index (χ1n) is 11.8. The van der Waals surface area contributed by atoms with Gasteiger partial charge in [0.05, 0.1) is 25.1 Å². The second-order valence-electron chi connectivity index (χ2n) is 8.87. The van der Waals surface area contributed by atoms with Gasteiger partial charge < -0.3 is 24.5 Å². The molecule has 3 heterocycles. The van der Waals surface area contributed by atoms with Crippen molar-refractivity contribution in [2.24, 2.45) is 4.99 Å². The highest BCUT2D eigenvalue weighted by molar-refractivity contribution is 14.0. The number of ether oxygens (including phenoxy) is 2. The lowest BCUT2D eigenvalue weighted by Crippen LogP contribution is -2.51. The molecule has 3 aliphatic rings. The molecule has 1 aromatic rings. The number of hydrogen-bond acceptors (Lipinski definition) is 5. The number of nitrogens with one attached hydrogen (secondary N) is 2. The van der Waals surface area contributed by atoms with Crippen LogP contribution in [0.5, 0.6) is 0 Å². The molecule has 1 saturated carbocycles. The first-order chi connectivity index (χ1) is 14.8. The Bertz CT molecular complexity index is 643. The summed E-state index contributed by atoms with van der Waals surface area (Å²) in [5.74, 6) is 1.94. The summed E-state index contributed by atoms with van der Waals surface area (Å²) in [7, 11) is 0. The van der Waals surface area contributed by atoms with E-state index < -0.39 is 0 Å². The summed E-state index contributed by atoms with van der Waals surface area (Å²) in [5.41, 5.74) is 0.117. The number of morpholine rings is 1. The first kappa shape index (κ1) is 24.8. The molecule has 3 fully saturated rings. The van der Waals surface area contributed by atoms with Gasteiger partial charge in [-0.25, -0.2) is 0 Å². The van der Waals surface area contributed by atoms with Crippen LogP contribution in [-0.2, 0) is 15.9 Å². The van der Waals surface area contributed by atoms with Gasteiger partial charge in [0.15, 0.2) is 5.96 Å². The third-order valence-electron chi connectivity index (χ3n) is 6.60. The molecule has 1 atom stereocenters. The Hall–Kier alpha value is -0.840. The van der Waals surface area contributed by atoms with Gasteiger partial charge >= 0.3 is 0 Å². The molecule has 2 aliphatic heterocycles. The van der Waals surface area contributed by atoms with Crippen LogP contribution < -0.4 is 10.6 Å². The monoisotopic (exact) mass is 546 g/mol. The van der Waals surface area contributed by atoms with E-state index in [9.17, 15) is 0 Å². The van der Waals surface area contributed by atoms with E-state index in [1.807, 2.05) is 12.1 Å². The highest BCUT2D eigenvalue weighted by Gasteiger charge is 2.40. The summed E-state index contributed by atoms with van der Waals surface area (Å²) >= 11 is 0. The summed E-state index contributed by atoms with van der Waals surface area (Å²) < 4.78 is 17.1. The van der Waals surface area contributed by atoms with E-state index in [-0.39, 0.29) is 29.6 Å². The van der Waals surface area contributed by atoms with Crippen molar-refractivity contribution < 1.29 is 13.9 Å². The van der Waals surface area contributed by atoms with Crippen LogP contribution in [0.3, 0.4) is 0 Å². The zero-order valence-corrected chi connectivity index (χ0v) is 21.0. The molecule has 1 spiro atoms. The van der Waals surface area contributed by atoms with Gasteiger partial charge in [0.1, 0.15) is 5.76 Å². The maximum absolute atomic E-state index is 6.21. The van der Waals surface area contributed by atoms with Gasteiger partial charge in [-0.05, 0) is 44.2 Å². The predicted octanol–water partition coefficient (Wildman–Crippen LogP) is 3.19. The van der Waals surface area contributed by atoms with E-state index in [2.05, 4.69) is 15.5 Å². The summed E-state index contributed by atoms with van der Waals surface area (Å²) in [4.78, 5) is 7.37. The van der Waals surface area contributed by atoms with Crippen LogP contribution in [0.2, 0.25) is 0 Å². The topological polar surface area (TPSA) is 71.3 Å². The van der Waals surface area contributed by atoms with Crippen LogP contribution >= 0.6 is 24.0 Å². The second-order valence-corrected chi connectivity index (χ2v) is 8.87. The minimum absolute atomic E-state index is 0. The molecule has 176 valence electrons. The van der Waals surface area contributed by atoms with E-state index in [4.69, 9.17) is 18.9 Å². The zero-order valence-electron chi connectivity index (χ0n) is 18.7. The average Bonchev–Trinajstić information content (AvgIpc) is 3.44. The van der Waals surface area contributed by atoms with Gasteiger partial charge in [-0.3, -0.25) is 9.89 Å². The minimum Gasteiger partial charge on any atom is -0.469 e. The number of furan rings is 1. The number of rotatable bonds is 8. The molecule has 31 heavy (non-hydrogen) atoms. The molecular formula is C23H39IN4O3. The summed E-state index contributed by atoms with van der Waals surface area (Å²) in [6.07, 6.45) is 10.8.